The van der Waals surface area contributed by atoms with E-state index >= 15 is 0 Å². The molecule has 1 aromatic carbocycles. The molecule has 0 amide bonds. The first kappa shape index (κ1) is 14.9. The largest absolute Gasteiger partial charge is 0.396 e. The van der Waals surface area contributed by atoms with Crippen molar-refractivity contribution in [3.05, 3.63) is 29.8 Å². The summed E-state index contributed by atoms with van der Waals surface area (Å²) in [5, 5.41) is 8.69. The standard InChI is InChI=1S/C12H20N2O3S/c1-3-11-5-7-12(8-6-11)13-18(16,17)14(2)9-4-10-15/h5-8,13,15H,3-4,9-10H2,1-2H3. The zero-order chi connectivity index (χ0) is 13.6. The number of aryl methyl sites for hydroxylation is 1. The first-order valence-corrected chi connectivity index (χ1v) is 7.37. The number of aliphatic hydroxyl groups is 1. The van der Waals surface area contributed by atoms with Crippen molar-refractivity contribution in [3.63, 3.8) is 0 Å². The molecule has 0 spiro atoms. The van der Waals surface area contributed by atoms with Crippen LogP contribution in [0.2, 0.25) is 0 Å². The molecule has 18 heavy (non-hydrogen) atoms. The number of hydrogen-bond donors (Lipinski definition) is 2. The van der Waals surface area contributed by atoms with E-state index in [-0.39, 0.29) is 6.61 Å². The van der Waals surface area contributed by atoms with Crippen molar-refractivity contribution < 1.29 is 13.5 Å². The molecule has 5 nitrogen and oxygen atoms in total. The van der Waals surface area contributed by atoms with Crippen molar-refractivity contribution in [1.29, 1.82) is 0 Å². The van der Waals surface area contributed by atoms with Gasteiger partial charge in [0.05, 0.1) is 0 Å². The molecule has 0 atom stereocenters. The third-order valence-corrected chi connectivity index (χ3v) is 4.15. The molecular formula is C12H20N2O3S. The second-order valence-corrected chi connectivity index (χ2v) is 5.83. The van der Waals surface area contributed by atoms with Crippen LogP contribution in [0.4, 0.5) is 5.69 Å². The van der Waals surface area contributed by atoms with Gasteiger partial charge in [-0.25, -0.2) is 0 Å². The fraction of sp³-hybridized carbons (Fsp3) is 0.500. The van der Waals surface area contributed by atoms with Crippen LogP contribution < -0.4 is 4.72 Å². The smallest absolute Gasteiger partial charge is 0.301 e. The summed E-state index contributed by atoms with van der Waals surface area (Å²) in [5.74, 6) is 0. The summed E-state index contributed by atoms with van der Waals surface area (Å²) in [6.45, 7) is 2.31. The van der Waals surface area contributed by atoms with E-state index in [9.17, 15) is 8.42 Å². The Kier molecular flexibility index (Phi) is 5.58. The molecule has 0 aliphatic rings. The molecule has 0 fully saturated rings. The average Bonchev–Trinajstić information content (AvgIpc) is 2.36. The molecule has 0 radical (unpaired) electrons. The minimum atomic E-state index is -3.53. The molecule has 0 aromatic heterocycles. The molecule has 1 rings (SSSR count). The zero-order valence-electron chi connectivity index (χ0n) is 10.8. The van der Waals surface area contributed by atoms with Gasteiger partial charge in [0.1, 0.15) is 0 Å². The second-order valence-electron chi connectivity index (χ2n) is 4.06. The lowest BCUT2D eigenvalue weighted by Gasteiger charge is -2.17. The third-order valence-electron chi connectivity index (χ3n) is 2.65. The van der Waals surface area contributed by atoms with Crippen LogP contribution >= 0.6 is 0 Å². The van der Waals surface area contributed by atoms with E-state index in [1.807, 2.05) is 19.1 Å². The van der Waals surface area contributed by atoms with Crippen molar-refractivity contribution in [2.75, 3.05) is 24.9 Å². The molecule has 2 N–H and O–H groups in total. The summed E-state index contributed by atoms with van der Waals surface area (Å²) >= 11 is 0. The molecule has 0 bridgehead atoms. The van der Waals surface area contributed by atoms with Crippen LogP contribution in [0.3, 0.4) is 0 Å². The number of rotatable bonds is 7. The molecule has 0 aliphatic heterocycles. The predicted molar refractivity (Wildman–Crippen MR) is 72.7 cm³/mol. The number of hydrogen-bond acceptors (Lipinski definition) is 3. The van der Waals surface area contributed by atoms with Gasteiger partial charge in [-0.05, 0) is 30.5 Å². The monoisotopic (exact) mass is 272 g/mol. The lowest BCUT2D eigenvalue weighted by atomic mass is 10.2. The Hall–Kier alpha value is -1.11. The molecule has 0 saturated carbocycles. The van der Waals surface area contributed by atoms with E-state index in [1.165, 1.54) is 11.4 Å². The molecule has 1 aromatic rings. The van der Waals surface area contributed by atoms with Gasteiger partial charge in [-0.2, -0.15) is 12.7 Å². The average molecular weight is 272 g/mol. The quantitative estimate of drug-likeness (QED) is 0.784. The van der Waals surface area contributed by atoms with Crippen LogP contribution in [0, 0.1) is 0 Å². The van der Waals surface area contributed by atoms with Crippen LogP contribution in [-0.2, 0) is 16.6 Å². The van der Waals surface area contributed by atoms with E-state index in [4.69, 9.17) is 5.11 Å². The topological polar surface area (TPSA) is 69.6 Å². The van der Waals surface area contributed by atoms with Crippen LogP contribution in [0.1, 0.15) is 18.9 Å². The Morgan fingerprint density at radius 3 is 2.39 bits per heavy atom. The van der Waals surface area contributed by atoms with Gasteiger partial charge >= 0.3 is 10.2 Å². The summed E-state index contributed by atoms with van der Waals surface area (Å²) in [4.78, 5) is 0. The van der Waals surface area contributed by atoms with Crippen LogP contribution in [0.25, 0.3) is 0 Å². The van der Waals surface area contributed by atoms with Gasteiger partial charge in [0.2, 0.25) is 0 Å². The third kappa shape index (κ3) is 4.29. The van der Waals surface area contributed by atoms with E-state index in [0.717, 1.165) is 12.0 Å². The van der Waals surface area contributed by atoms with E-state index in [2.05, 4.69) is 4.72 Å². The molecule has 6 heteroatoms. The van der Waals surface area contributed by atoms with E-state index < -0.39 is 10.2 Å². The maximum Gasteiger partial charge on any atom is 0.301 e. The van der Waals surface area contributed by atoms with Gasteiger partial charge in [0.15, 0.2) is 0 Å². The summed E-state index contributed by atoms with van der Waals surface area (Å²) < 4.78 is 27.5. The van der Waals surface area contributed by atoms with Gasteiger partial charge in [-0.15, -0.1) is 0 Å². The highest BCUT2D eigenvalue weighted by atomic mass is 32.2. The second kappa shape index (κ2) is 6.72. The minimum absolute atomic E-state index is 0.0228. The Balaban J connectivity index is 2.69. The molecule has 0 heterocycles. The van der Waals surface area contributed by atoms with Crippen LogP contribution in [0.5, 0.6) is 0 Å². The number of nitrogens with one attached hydrogen (secondary N) is 1. The summed E-state index contributed by atoms with van der Waals surface area (Å²) in [7, 11) is -2.05. The maximum absolute atomic E-state index is 11.9. The highest BCUT2D eigenvalue weighted by Gasteiger charge is 2.16. The predicted octanol–water partition coefficient (Wildman–Crippen LogP) is 1.22. The van der Waals surface area contributed by atoms with E-state index in [0.29, 0.717) is 18.7 Å². The van der Waals surface area contributed by atoms with Crippen LogP contribution in [0.15, 0.2) is 24.3 Å². The summed E-state index contributed by atoms with van der Waals surface area (Å²) in [6, 6.07) is 7.28. The number of anilines is 1. The normalized spacial score (nSPS) is 11.8. The number of benzene rings is 1. The van der Waals surface area contributed by atoms with Gasteiger partial charge in [-0.3, -0.25) is 4.72 Å². The van der Waals surface area contributed by atoms with Crippen molar-refractivity contribution >= 4 is 15.9 Å². The van der Waals surface area contributed by atoms with Crippen molar-refractivity contribution in [3.8, 4) is 0 Å². The lowest BCUT2D eigenvalue weighted by Crippen LogP contribution is -2.33. The number of aliphatic hydroxyl groups excluding tert-OH is 1. The number of nitrogens with zero attached hydrogens (tertiary/aromatic N) is 1. The summed E-state index contributed by atoms with van der Waals surface area (Å²) in [5.41, 5.74) is 1.70. The molecular weight excluding hydrogens is 252 g/mol. The van der Waals surface area contributed by atoms with E-state index in [1.54, 1.807) is 12.1 Å². The molecule has 102 valence electrons. The Bertz CT molecular complexity index is 457. The summed E-state index contributed by atoms with van der Waals surface area (Å²) in [6.07, 6.45) is 1.34. The van der Waals surface area contributed by atoms with Crippen molar-refractivity contribution in [1.82, 2.24) is 4.31 Å². The van der Waals surface area contributed by atoms with Crippen molar-refractivity contribution in [2.24, 2.45) is 0 Å². The molecule has 0 unspecified atom stereocenters. The first-order valence-electron chi connectivity index (χ1n) is 5.93. The van der Waals surface area contributed by atoms with Gasteiger partial charge < -0.3 is 5.11 Å². The SMILES string of the molecule is CCc1ccc(NS(=O)(=O)N(C)CCCO)cc1. The Morgan fingerprint density at radius 1 is 1.28 bits per heavy atom. The lowest BCUT2D eigenvalue weighted by molar-refractivity contribution is 0.276. The first-order chi connectivity index (χ1) is 8.49. The fourth-order valence-electron chi connectivity index (χ4n) is 1.45. The van der Waals surface area contributed by atoms with Crippen LogP contribution in [-0.4, -0.2) is 38.0 Å². The minimum Gasteiger partial charge on any atom is -0.396 e. The maximum atomic E-state index is 11.9. The highest BCUT2D eigenvalue weighted by Crippen LogP contribution is 2.13. The van der Waals surface area contributed by atoms with Crippen molar-refractivity contribution in [2.45, 2.75) is 19.8 Å². The zero-order valence-corrected chi connectivity index (χ0v) is 11.6. The van der Waals surface area contributed by atoms with Gasteiger partial charge in [0, 0.05) is 25.9 Å². The Morgan fingerprint density at radius 2 is 1.89 bits per heavy atom. The fourth-order valence-corrected chi connectivity index (χ4v) is 2.41. The van der Waals surface area contributed by atoms with Gasteiger partial charge in [-0.1, -0.05) is 19.1 Å². The molecule has 0 aliphatic carbocycles. The highest BCUT2D eigenvalue weighted by molar-refractivity contribution is 7.90. The van der Waals surface area contributed by atoms with Gasteiger partial charge in [0.25, 0.3) is 0 Å². The Labute approximate surface area is 109 Å². The molecule has 0 saturated heterocycles.